The maximum absolute atomic E-state index is 13.8. The molecule has 0 bridgehead atoms. The Morgan fingerprint density at radius 3 is 2.53 bits per heavy atom. The van der Waals surface area contributed by atoms with Gasteiger partial charge in [-0.2, -0.15) is 0 Å². The predicted molar refractivity (Wildman–Crippen MR) is 154 cm³/mol. The van der Waals surface area contributed by atoms with Crippen LogP contribution in [0.1, 0.15) is 84.9 Å². The first-order valence-electron chi connectivity index (χ1n) is 13.4. The zero-order valence-electron chi connectivity index (χ0n) is 22.7. The van der Waals surface area contributed by atoms with Crippen molar-refractivity contribution in [3.63, 3.8) is 0 Å². The molecule has 0 aliphatic carbocycles. The summed E-state index contributed by atoms with van der Waals surface area (Å²) >= 11 is 6.21. The van der Waals surface area contributed by atoms with Gasteiger partial charge < -0.3 is 14.4 Å². The lowest BCUT2D eigenvalue weighted by Gasteiger charge is -2.24. The minimum absolute atomic E-state index is 0.155. The van der Waals surface area contributed by atoms with E-state index in [2.05, 4.69) is 33.8 Å². The second kappa shape index (κ2) is 12.7. The molecule has 0 aromatic heterocycles. The summed E-state index contributed by atoms with van der Waals surface area (Å²) in [4.78, 5) is 0. The van der Waals surface area contributed by atoms with Crippen molar-refractivity contribution in [3.05, 3.63) is 93.0 Å². The highest BCUT2D eigenvalue weighted by Crippen LogP contribution is 2.54. The Balaban J connectivity index is 1.50. The van der Waals surface area contributed by atoms with Crippen LogP contribution in [0.15, 0.2) is 54.6 Å². The first-order chi connectivity index (χ1) is 18.1. The van der Waals surface area contributed by atoms with Crippen LogP contribution in [-0.4, -0.2) is 18.1 Å². The zero-order chi connectivity index (χ0) is 27.3. The van der Waals surface area contributed by atoms with E-state index in [-0.39, 0.29) is 18.4 Å². The molecule has 1 fully saturated rings. The average molecular weight is 557 g/mol. The molecule has 2 atom stereocenters. The Kier molecular flexibility index (Phi) is 9.59. The molecule has 3 aromatic carbocycles. The largest absolute Gasteiger partial charge is 0.508 e. The number of hydrogen-bond acceptors (Lipinski definition) is 5. The molecule has 0 spiro atoms. The summed E-state index contributed by atoms with van der Waals surface area (Å²) in [6.45, 7) is 8.65. The summed E-state index contributed by atoms with van der Waals surface area (Å²) in [5, 5.41) is 10.8. The summed E-state index contributed by atoms with van der Waals surface area (Å²) in [6.07, 6.45) is 3.76. The lowest BCUT2D eigenvalue weighted by molar-refractivity contribution is 0.135. The normalized spacial score (nSPS) is 20.5. The van der Waals surface area contributed by atoms with E-state index >= 15 is 0 Å². The maximum Gasteiger partial charge on any atom is 0.368 e. The fourth-order valence-electron chi connectivity index (χ4n) is 4.94. The molecule has 2 unspecified atom stereocenters. The molecule has 1 aliphatic rings. The van der Waals surface area contributed by atoms with E-state index in [0.29, 0.717) is 23.1 Å². The van der Waals surface area contributed by atoms with E-state index in [4.69, 9.17) is 25.4 Å². The second-order valence-electron chi connectivity index (χ2n) is 10.5. The smallest absolute Gasteiger partial charge is 0.368 e. The van der Waals surface area contributed by atoms with Crippen LogP contribution in [0.4, 0.5) is 0 Å². The summed E-state index contributed by atoms with van der Waals surface area (Å²) in [6, 6.07) is 17.3. The van der Waals surface area contributed by atoms with Crippen molar-refractivity contribution in [1.29, 1.82) is 0 Å². The van der Waals surface area contributed by atoms with Crippen LogP contribution in [0.2, 0.25) is 5.02 Å². The van der Waals surface area contributed by atoms with Gasteiger partial charge in [0.2, 0.25) is 0 Å². The average Bonchev–Trinajstić information content (AvgIpc) is 2.96. The predicted octanol–water partition coefficient (Wildman–Crippen LogP) is 9.25. The monoisotopic (exact) mass is 556 g/mol. The van der Waals surface area contributed by atoms with Crippen molar-refractivity contribution in [2.75, 3.05) is 13.0 Å². The Morgan fingerprint density at radius 2 is 1.82 bits per heavy atom. The molecule has 0 amide bonds. The minimum Gasteiger partial charge on any atom is -0.508 e. The number of rotatable bonds is 7. The Bertz CT molecular complexity index is 1280. The van der Waals surface area contributed by atoms with Crippen molar-refractivity contribution in [2.24, 2.45) is 0 Å². The summed E-state index contributed by atoms with van der Waals surface area (Å²) < 4.78 is 31.8. The molecule has 3 aromatic rings. The Labute approximate surface area is 231 Å². The molecule has 1 N–H and O–H groups in total. The molecule has 1 aliphatic heterocycles. The van der Waals surface area contributed by atoms with E-state index in [9.17, 15) is 9.67 Å². The number of phenols is 1. The Morgan fingerprint density at radius 1 is 1.05 bits per heavy atom. The highest BCUT2D eigenvalue weighted by molar-refractivity contribution is 7.53. The number of hydrogen-bond donors (Lipinski definition) is 1. The van der Waals surface area contributed by atoms with Crippen molar-refractivity contribution in [3.8, 4) is 11.5 Å². The molecule has 38 heavy (non-hydrogen) atoms. The van der Waals surface area contributed by atoms with Crippen molar-refractivity contribution in [1.82, 2.24) is 0 Å². The van der Waals surface area contributed by atoms with E-state index < -0.39 is 7.60 Å². The molecule has 1 saturated heterocycles. The lowest BCUT2D eigenvalue weighted by Crippen LogP contribution is -2.10. The van der Waals surface area contributed by atoms with Crippen LogP contribution in [0.25, 0.3) is 0 Å². The number of halogens is 1. The quantitative estimate of drug-likeness (QED) is 0.294. The molecule has 5 nitrogen and oxygen atoms in total. The van der Waals surface area contributed by atoms with Gasteiger partial charge in [0, 0.05) is 5.02 Å². The van der Waals surface area contributed by atoms with Gasteiger partial charge in [0.25, 0.3) is 0 Å². The highest BCUT2D eigenvalue weighted by Gasteiger charge is 2.32. The fraction of sp³-hybridized carbons (Fsp3) is 0.419. The van der Waals surface area contributed by atoms with E-state index in [1.54, 1.807) is 6.07 Å². The van der Waals surface area contributed by atoms with Gasteiger partial charge in [-0.15, -0.1) is 0 Å². The van der Waals surface area contributed by atoms with Crippen LogP contribution >= 0.6 is 19.2 Å². The molecule has 1 heterocycles. The zero-order valence-corrected chi connectivity index (χ0v) is 24.4. The van der Waals surface area contributed by atoms with Gasteiger partial charge in [-0.3, -0.25) is 9.09 Å². The van der Waals surface area contributed by atoms with E-state index in [0.717, 1.165) is 59.9 Å². The van der Waals surface area contributed by atoms with Crippen LogP contribution in [0.5, 0.6) is 11.5 Å². The van der Waals surface area contributed by atoms with Gasteiger partial charge in [0.1, 0.15) is 11.5 Å². The van der Waals surface area contributed by atoms with Gasteiger partial charge >= 0.3 is 7.60 Å². The standard InChI is InChI=1S/C31H38ClO5P/c1-21(2)28-17-24(12-13-30(28)33)18-29-22(3)15-27(16-23(29)4)35-20-38(34)36-14-7-5-6-11-31(37-38)25-9-8-10-26(32)19-25/h8-10,12-13,15-17,19,21,31,33H,5-7,11,14,18,20H2,1-4H3. The molecule has 0 saturated carbocycles. The second-order valence-corrected chi connectivity index (χ2v) is 12.9. The molecule has 4 rings (SSSR count). The van der Waals surface area contributed by atoms with Gasteiger partial charge in [-0.25, -0.2) is 0 Å². The van der Waals surface area contributed by atoms with Crippen LogP contribution < -0.4 is 4.74 Å². The van der Waals surface area contributed by atoms with Gasteiger partial charge in [-0.05, 0) is 103 Å². The lowest BCUT2D eigenvalue weighted by atomic mass is 9.93. The third-order valence-electron chi connectivity index (χ3n) is 7.06. The number of ether oxygens (including phenoxy) is 1. The van der Waals surface area contributed by atoms with Gasteiger partial charge in [-0.1, -0.05) is 62.6 Å². The van der Waals surface area contributed by atoms with Crippen molar-refractivity contribution in [2.45, 2.75) is 71.8 Å². The first kappa shape index (κ1) is 28.7. The SMILES string of the molecule is Cc1cc(OCP2(=O)OCCCCCC(c3cccc(Cl)c3)O2)cc(C)c1Cc1ccc(O)c(C(C)C)c1. The van der Waals surface area contributed by atoms with Crippen LogP contribution in [0.3, 0.4) is 0 Å². The third kappa shape index (κ3) is 7.42. The summed E-state index contributed by atoms with van der Waals surface area (Å²) in [5.74, 6) is 1.22. The number of aromatic hydroxyl groups is 1. The van der Waals surface area contributed by atoms with Crippen LogP contribution in [-0.2, 0) is 20.0 Å². The van der Waals surface area contributed by atoms with Crippen molar-refractivity contribution < 1.29 is 23.5 Å². The molecule has 204 valence electrons. The summed E-state index contributed by atoms with van der Waals surface area (Å²) in [7, 11) is -3.52. The minimum atomic E-state index is -3.52. The van der Waals surface area contributed by atoms with E-state index in [1.807, 2.05) is 42.5 Å². The third-order valence-corrected chi connectivity index (χ3v) is 8.89. The first-order valence-corrected chi connectivity index (χ1v) is 15.5. The molecular formula is C31H38ClO5P. The van der Waals surface area contributed by atoms with E-state index in [1.165, 1.54) is 5.56 Å². The van der Waals surface area contributed by atoms with Gasteiger partial charge in [0.15, 0.2) is 6.35 Å². The number of aryl methyl sites for hydroxylation is 2. The van der Waals surface area contributed by atoms with Crippen LogP contribution in [0, 0.1) is 13.8 Å². The molecule has 7 heteroatoms. The van der Waals surface area contributed by atoms with Gasteiger partial charge in [0.05, 0.1) is 12.7 Å². The maximum atomic E-state index is 13.8. The van der Waals surface area contributed by atoms with Crippen molar-refractivity contribution >= 4 is 19.2 Å². The highest BCUT2D eigenvalue weighted by atomic mass is 35.5. The summed E-state index contributed by atoms with van der Waals surface area (Å²) in [5.41, 5.74) is 6.38. The molecular weight excluding hydrogens is 519 g/mol. The topological polar surface area (TPSA) is 65.0 Å². The number of phenolic OH excluding ortho intramolecular Hbond substituents is 1. The number of benzene rings is 3. The fourth-order valence-corrected chi connectivity index (χ4v) is 6.67. The molecule has 0 radical (unpaired) electrons. The Hall–Kier alpha value is -2.30.